The molecule has 2 aromatic heterocycles. The Labute approximate surface area is 110 Å². The molecule has 16 heavy (non-hydrogen) atoms. The van der Waals surface area contributed by atoms with Crippen LogP contribution in [0.15, 0.2) is 15.2 Å². The highest BCUT2D eigenvalue weighted by molar-refractivity contribution is 9.11. The second-order valence-electron chi connectivity index (χ2n) is 3.22. The second-order valence-corrected chi connectivity index (χ2v) is 6.46. The van der Waals surface area contributed by atoms with E-state index in [0.717, 1.165) is 19.9 Å². The van der Waals surface area contributed by atoms with Crippen LogP contribution in [-0.4, -0.2) is 10.9 Å². The van der Waals surface area contributed by atoms with E-state index >= 15 is 0 Å². The molecule has 6 heteroatoms. The number of anilines is 1. The van der Waals surface area contributed by atoms with Crippen LogP contribution < -0.4 is 5.32 Å². The Bertz CT molecular complexity index is 533. The molecule has 0 spiro atoms. The average molecular weight is 317 g/mol. The minimum absolute atomic E-state index is 0.0929. The number of aryl methyl sites for hydroxylation is 1. The van der Waals surface area contributed by atoms with Gasteiger partial charge in [-0.25, -0.2) is 4.98 Å². The third kappa shape index (κ3) is 2.34. The molecule has 0 atom stereocenters. The number of hydrogen-bond donors (Lipinski definition) is 1. The number of hydrogen-bond acceptors (Lipinski definition) is 4. The van der Waals surface area contributed by atoms with Crippen LogP contribution in [0.5, 0.6) is 0 Å². The van der Waals surface area contributed by atoms with E-state index in [2.05, 4.69) is 26.2 Å². The van der Waals surface area contributed by atoms with Crippen LogP contribution in [0, 0.1) is 6.92 Å². The maximum Gasteiger partial charge on any atom is 0.223 e. The Balaban J connectivity index is 2.39. The van der Waals surface area contributed by atoms with Crippen molar-refractivity contribution in [3.63, 3.8) is 0 Å². The first kappa shape index (κ1) is 11.8. The predicted molar refractivity (Wildman–Crippen MR) is 72.2 cm³/mol. The zero-order chi connectivity index (χ0) is 11.7. The summed E-state index contributed by atoms with van der Waals surface area (Å²) in [5.41, 5.74) is 2.07. The van der Waals surface area contributed by atoms with Gasteiger partial charge in [-0.1, -0.05) is 11.3 Å². The minimum atomic E-state index is -0.0929. The molecule has 0 aliphatic carbocycles. The Morgan fingerprint density at radius 1 is 1.56 bits per heavy atom. The van der Waals surface area contributed by atoms with E-state index in [0.29, 0.717) is 5.13 Å². The van der Waals surface area contributed by atoms with E-state index in [9.17, 15) is 4.79 Å². The summed E-state index contributed by atoms with van der Waals surface area (Å²) in [6.45, 7) is 3.43. The maximum atomic E-state index is 10.9. The number of thiophene rings is 1. The molecule has 1 amide bonds. The van der Waals surface area contributed by atoms with Gasteiger partial charge < -0.3 is 5.32 Å². The summed E-state index contributed by atoms with van der Waals surface area (Å²) in [6.07, 6.45) is 0. The molecule has 0 aliphatic heterocycles. The van der Waals surface area contributed by atoms with E-state index < -0.39 is 0 Å². The van der Waals surface area contributed by atoms with Gasteiger partial charge in [-0.2, -0.15) is 0 Å². The molecule has 2 rings (SSSR count). The number of carbonyl (C=O) groups is 1. The molecule has 3 nitrogen and oxygen atoms in total. The van der Waals surface area contributed by atoms with E-state index in [1.165, 1.54) is 18.3 Å². The van der Waals surface area contributed by atoms with Gasteiger partial charge in [0.15, 0.2) is 5.13 Å². The quantitative estimate of drug-likeness (QED) is 0.913. The summed E-state index contributed by atoms with van der Waals surface area (Å²) in [5.74, 6) is -0.0929. The fraction of sp³-hybridized carbons (Fsp3) is 0.200. The molecule has 0 aromatic carbocycles. The Kier molecular flexibility index (Phi) is 3.41. The van der Waals surface area contributed by atoms with Crippen LogP contribution in [0.1, 0.15) is 12.6 Å². The molecule has 0 bridgehead atoms. The third-order valence-corrected chi connectivity index (χ3v) is 4.74. The lowest BCUT2D eigenvalue weighted by Crippen LogP contribution is -2.04. The largest absolute Gasteiger partial charge is 0.302 e. The number of halogens is 1. The second kappa shape index (κ2) is 4.65. The highest BCUT2D eigenvalue weighted by atomic mass is 79.9. The topological polar surface area (TPSA) is 42.0 Å². The Morgan fingerprint density at radius 3 is 2.88 bits per heavy atom. The standard InChI is InChI=1S/C10H9BrN2OS2/c1-5-8(7-3-4-15-9(7)11)16-10(12-5)13-6(2)14/h3-4H,1-2H3,(H,12,13,14). The van der Waals surface area contributed by atoms with Gasteiger partial charge in [-0.3, -0.25) is 4.79 Å². The molecular formula is C10H9BrN2OS2. The molecular weight excluding hydrogens is 308 g/mol. The number of rotatable bonds is 2. The van der Waals surface area contributed by atoms with Crippen molar-refractivity contribution in [2.75, 3.05) is 5.32 Å². The van der Waals surface area contributed by atoms with Gasteiger partial charge in [0.1, 0.15) is 0 Å². The van der Waals surface area contributed by atoms with Crippen molar-refractivity contribution in [2.24, 2.45) is 0 Å². The van der Waals surface area contributed by atoms with Gasteiger partial charge in [-0.05, 0) is 34.3 Å². The normalized spacial score (nSPS) is 10.4. The van der Waals surface area contributed by atoms with Crippen molar-refractivity contribution in [1.29, 1.82) is 0 Å². The van der Waals surface area contributed by atoms with Crippen LogP contribution in [0.2, 0.25) is 0 Å². The lowest BCUT2D eigenvalue weighted by atomic mass is 10.2. The van der Waals surface area contributed by atoms with Crippen LogP contribution in [0.4, 0.5) is 5.13 Å². The average Bonchev–Trinajstić information content (AvgIpc) is 2.71. The van der Waals surface area contributed by atoms with Crippen molar-refractivity contribution in [3.8, 4) is 10.4 Å². The first-order valence-corrected chi connectivity index (χ1v) is 7.05. The summed E-state index contributed by atoms with van der Waals surface area (Å²) in [7, 11) is 0. The van der Waals surface area contributed by atoms with E-state index in [4.69, 9.17) is 0 Å². The lowest BCUT2D eigenvalue weighted by molar-refractivity contribution is -0.114. The number of carbonyl (C=O) groups excluding carboxylic acids is 1. The predicted octanol–water partition coefficient (Wildman–Crippen LogP) is 3.90. The molecule has 2 heterocycles. The van der Waals surface area contributed by atoms with Crippen LogP contribution in [-0.2, 0) is 4.79 Å². The summed E-state index contributed by atoms with van der Waals surface area (Å²) < 4.78 is 1.09. The van der Waals surface area contributed by atoms with Crippen LogP contribution >= 0.6 is 38.6 Å². The Hall–Kier alpha value is -0.720. The van der Waals surface area contributed by atoms with Crippen molar-refractivity contribution >= 4 is 49.6 Å². The van der Waals surface area contributed by atoms with E-state index in [-0.39, 0.29) is 5.91 Å². The smallest absolute Gasteiger partial charge is 0.223 e. The number of nitrogens with zero attached hydrogens (tertiary/aromatic N) is 1. The number of amides is 1. The first-order chi connectivity index (χ1) is 7.58. The molecule has 2 aromatic rings. The van der Waals surface area contributed by atoms with Gasteiger partial charge in [-0.15, -0.1) is 11.3 Å². The fourth-order valence-corrected chi connectivity index (χ4v) is 3.82. The highest BCUT2D eigenvalue weighted by Gasteiger charge is 2.13. The number of aromatic nitrogens is 1. The van der Waals surface area contributed by atoms with Gasteiger partial charge in [0, 0.05) is 12.5 Å². The summed E-state index contributed by atoms with van der Waals surface area (Å²) in [4.78, 5) is 16.3. The first-order valence-electron chi connectivity index (χ1n) is 4.56. The van der Waals surface area contributed by atoms with Gasteiger partial charge >= 0.3 is 0 Å². The molecule has 0 radical (unpaired) electrons. The van der Waals surface area contributed by atoms with Crippen molar-refractivity contribution in [2.45, 2.75) is 13.8 Å². The summed E-state index contributed by atoms with van der Waals surface area (Å²) >= 11 is 6.64. The molecule has 0 unspecified atom stereocenters. The number of nitrogens with one attached hydrogen (secondary N) is 1. The molecule has 1 N–H and O–H groups in total. The van der Waals surface area contributed by atoms with Crippen molar-refractivity contribution in [1.82, 2.24) is 4.98 Å². The molecule has 0 saturated heterocycles. The number of thiazole rings is 1. The molecule has 0 fully saturated rings. The fourth-order valence-electron chi connectivity index (χ4n) is 1.31. The van der Waals surface area contributed by atoms with Crippen LogP contribution in [0.3, 0.4) is 0 Å². The van der Waals surface area contributed by atoms with Gasteiger partial charge in [0.05, 0.1) is 14.4 Å². The van der Waals surface area contributed by atoms with Crippen LogP contribution in [0.25, 0.3) is 10.4 Å². The SMILES string of the molecule is CC(=O)Nc1nc(C)c(-c2ccsc2Br)s1. The van der Waals surface area contributed by atoms with Crippen molar-refractivity contribution in [3.05, 3.63) is 20.9 Å². The highest BCUT2D eigenvalue weighted by Crippen LogP contribution is 2.39. The Morgan fingerprint density at radius 2 is 2.31 bits per heavy atom. The minimum Gasteiger partial charge on any atom is -0.302 e. The van der Waals surface area contributed by atoms with Crippen molar-refractivity contribution < 1.29 is 4.79 Å². The maximum absolute atomic E-state index is 10.9. The molecule has 84 valence electrons. The lowest BCUT2D eigenvalue weighted by Gasteiger charge is -1.94. The molecule has 0 saturated carbocycles. The van der Waals surface area contributed by atoms with Gasteiger partial charge in [0.2, 0.25) is 5.91 Å². The van der Waals surface area contributed by atoms with E-state index in [1.54, 1.807) is 11.3 Å². The van der Waals surface area contributed by atoms with Gasteiger partial charge in [0.25, 0.3) is 0 Å². The summed E-state index contributed by atoms with van der Waals surface area (Å²) in [6, 6.07) is 2.05. The summed E-state index contributed by atoms with van der Waals surface area (Å²) in [5, 5.41) is 5.38. The zero-order valence-corrected chi connectivity index (χ0v) is 11.9. The van der Waals surface area contributed by atoms with E-state index in [1.807, 2.05) is 18.4 Å². The zero-order valence-electron chi connectivity index (χ0n) is 8.70. The monoisotopic (exact) mass is 316 g/mol. The molecule has 0 aliphatic rings. The third-order valence-electron chi connectivity index (χ3n) is 1.94.